The molecule has 148 valence electrons. The van der Waals surface area contributed by atoms with Crippen molar-refractivity contribution in [3.63, 3.8) is 0 Å². The fourth-order valence-corrected chi connectivity index (χ4v) is 3.92. The van der Waals surface area contributed by atoms with E-state index in [2.05, 4.69) is 38.3 Å². The number of nitrogens with zero attached hydrogens (tertiary/aromatic N) is 4. The zero-order valence-electron chi connectivity index (χ0n) is 16.1. The van der Waals surface area contributed by atoms with Crippen LogP contribution in [0, 0.1) is 0 Å². The van der Waals surface area contributed by atoms with Crippen molar-refractivity contribution in [3.8, 4) is 5.75 Å². The maximum Gasteiger partial charge on any atom is 0.135 e. The lowest BCUT2D eigenvalue weighted by atomic mass is 10.1. The van der Waals surface area contributed by atoms with Crippen molar-refractivity contribution in [2.75, 3.05) is 33.4 Å². The standard InChI is InChI=1S/C21H26N4O3/c1-27-19-4-2-3-16(11-19)14-25-9-8-24(15-18(25)7-10-26)13-17-5-6-20-21(12-17)23-28-22-20/h2-6,11-12,18,26H,7-10,13-15H2,1H3/t18-/m1/s1. The summed E-state index contributed by atoms with van der Waals surface area (Å²) in [6.07, 6.45) is 0.771. The van der Waals surface area contributed by atoms with Gasteiger partial charge in [-0.2, -0.15) is 0 Å². The van der Waals surface area contributed by atoms with Crippen molar-refractivity contribution in [2.45, 2.75) is 25.6 Å². The van der Waals surface area contributed by atoms with Crippen LogP contribution in [0.25, 0.3) is 11.0 Å². The molecule has 1 atom stereocenters. The molecule has 0 bridgehead atoms. The van der Waals surface area contributed by atoms with Gasteiger partial charge in [-0.05, 0) is 52.1 Å². The third-order valence-corrected chi connectivity index (χ3v) is 5.40. The minimum absolute atomic E-state index is 0.198. The molecule has 1 fully saturated rings. The highest BCUT2D eigenvalue weighted by molar-refractivity contribution is 5.73. The normalized spacial score (nSPS) is 18.6. The van der Waals surface area contributed by atoms with Crippen molar-refractivity contribution in [3.05, 3.63) is 53.6 Å². The topological polar surface area (TPSA) is 74.9 Å². The van der Waals surface area contributed by atoms with Gasteiger partial charge in [-0.1, -0.05) is 18.2 Å². The Labute approximate surface area is 164 Å². The van der Waals surface area contributed by atoms with Gasteiger partial charge >= 0.3 is 0 Å². The van der Waals surface area contributed by atoms with Crippen LogP contribution in [-0.2, 0) is 13.1 Å². The molecule has 0 unspecified atom stereocenters. The molecule has 0 amide bonds. The summed E-state index contributed by atoms with van der Waals surface area (Å²) < 4.78 is 10.1. The summed E-state index contributed by atoms with van der Waals surface area (Å²) in [6, 6.07) is 14.6. The third-order valence-electron chi connectivity index (χ3n) is 5.40. The molecule has 1 aliphatic heterocycles. The fourth-order valence-electron chi connectivity index (χ4n) is 3.92. The molecule has 0 radical (unpaired) electrons. The number of aromatic nitrogens is 2. The van der Waals surface area contributed by atoms with Crippen LogP contribution in [0.2, 0.25) is 0 Å². The Kier molecular flexibility index (Phi) is 5.85. The van der Waals surface area contributed by atoms with Gasteiger partial charge in [0.1, 0.15) is 16.8 Å². The van der Waals surface area contributed by atoms with E-state index in [1.54, 1.807) is 7.11 Å². The summed E-state index contributed by atoms with van der Waals surface area (Å²) in [5.74, 6) is 0.882. The molecule has 3 aromatic rings. The molecular weight excluding hydrogens is 356 g/mol. The molecule has 1 saturated heterocycles. The van der Waals surface area contributed by atoms with Crippen molar-refractivity contribution in [2.24, 2.45) is 0 Å². The fraction of sp³-hybridized carbons (Fsp3) is 0.429. The smallest absolute Gasteiger partial charge is 0.135 e. The molecule has 0 aliphatic carbocycles. The van der Waals surface area contributed by atoms with E-state index in [0.717, 1.165) is 55.9 Å². The van der Waals surface area contributed by atoms with E-state index in [0.29, 0.717) is 6.04 Å². The van der Waals surface area contributed by atoms with Gasteiger partial charge in [-0.25, -0.2) is 4.63 Å². The van der Waals surface area contributed by atoms with Gasteiger partial charge in [0.2, 0.25) is 0 Å². The van der Waals surface area contributed by atoms with E-state index < -0.39 is 0 Å². The lowest BCUT2D eigenvalue weighted by Crippen LogP contribution is -2.52. The van der Waals surface area contributed by atoms with Crippen LogP contribution < -0.4 is 4.74 Å². The minimum Gasteiger partial charge on any atom is -0.497 e. The number of hydrogen-bond donors (Lipinski definition) is 1. The monoisotopic (exact) mass is 382 g/mol. The van der Waals surface area contributed by atoms with Gasteiger partial charge < -0.3 is 9.84 Å². The van der Waals surface area contributed by atoms with Crippen LogP contribution in [0.4, 0.5) is 0 Å². The number of fused-ring (bicyclic) bond motifs is 1. The molecule has 7 nitrogen and oxygen atoms in total. The Balaban J connectivity index is 1.41. The molecule has 7 heteroatoms. The summed E-state index contributed by atoms with van der Waals surface area (Å²) in [4.78, 5) is 4.91. The van der Waals surface area contributed by atoms with E-state index in [9.17, 15) is 5.11 Å². The highest BCUT2D eigenvalue weighted by atomic mass is 16.6. The maximum atomic E-state index is 9.56. The molecule has 0 spiro atoms. The van der Waals surface area contributed by atoms with E-state index in [1.165, 1.54) is 11.1 Å². The predicted molar refractivity (Wildman–Crippen MR) is 106 cm³/mol. The van der Waals surface area contributed by atoms with Gasteiger partial charge in [0.05, 0.1) is 7.11 Å². The van der Waals surface area contributed by atoms with Gasteiger partial charge in [-0.15, -0.1) is 0 Å². The Morgan fingerprint density at radius 2 is 1.93 bits per heavy atom. The predicted octanol–water partition coefficient (Wildman–Crippen LogP) is 2.30. The second kappa shape index (κ2) is 8.68. The average Bonchev–Trinajstić information content (AvgIpc) is 3.18. The largest absolute Gasteiger partial charge is 0.497 e. The van der Waals surface area contributed by atoms with E-state index in [1.807, 2.05) is 24.3 Å². The van der Waals surface area contributed by atoms with Crippen LogP contribution in [0.1, 0.15) is 17.5 Å². The Morgan fingerprint density at radius 1 is 1.07 bits per heavy atom. The van der Waals surface area contributed by atoms with Gasteiger partial charge in [0, 0.05) is 45.4 Å². The molecular formula is C21H26N4O3. The number of aliphatic hydroxyl groups excluding tert-OH is 1. The molecule has 4 rings (SSSR count). The molecule has 1 aromatic heterocycles. The summed E-state index contributed by atoms with van der Waals surface area (Å²) >= 11 is 0. The number of rotatable bonds is 7. The second-order valence-corrected chi connectivity index (χ2v) is 7.31. The van der Waals surface area contributed by atoms with Crippen LogP contribution in [0.3, 0.4) is 0 Å². The molecule has 0 saturated carbocycles. The number of piperazine rings is 1. The molecule has 1 aliphatic rings. The molecule has 2 aromatic carbocycles. The first-order valence-electron chi connectivity index (χ1n) is 9.66. The first kappa shape index (κ1) is 18.9. The maximum absolute atomic E-state index is 9.56. The Hall–Kier alpha value is -2.48. The van der Waals surface area contributed by atoms with Crippen molar-refractivity contribution in [1.82, 2.24) is 20.1 Å². The van der Waals surface area contributed by atoms with Crippen LogP contribution in [-0.4, -0.2) is 64.6 Å². The third kappa shape index (κ3) is 4.32. The Bertz CT molecular complexity index is 913. The highest BCUT2D eigenvalue weighted by Gasteiger charge is 2.26. The zero-order chi connectivity index (χ0) is 19.3. The number of aliphatic hydroxyl groups is 1. The van der Waals surface area contributed by atoms with Gasteiger partial charge in [0.25, 0.3) is 0 Å². The lowest BCUT2D eigenvalue weighted by Gasteiger charge is -2.41. The summed E-state index contributed by atoms with van der Waals surface area (Å²) in [7, 11) is 1.69. The average molecular weight is 382 g/mol. The highest BCUT2D eigenvalue weighted by Crippen LogP contribution is 2.21. The number of methoxy groups -OCH3 is 1. The van der Waals surface area contributed by atoms with Gasteiger partial charge in [-0.3, -0.25) is 9.80 Å². The van der Waals surface area contributed by atoms with E-state index >= 15 is 0 Å². The zero-order valence-corrected chi connectivity index (χ0v) is 16.1. The van der Waals surface area contributed by atoms with Crippen molar-refractivity contribution < 1.29 is 14.5 Å². The van der Waals surface area contributed by atoms with Crippen molar-refractivity contribution in [1.29, 1.82) is 0 Å². The first-order chi connectivity index (χ1) is 13.7. The lowest BCUT2D eigenvalue weighted by molar-refractivity contribution is 0.0499. The van der Waals surface area contributed by atoms with Crippen molar-refractivity contribution >= 4 is 11.0 Å². The molecule has 1 N–H and O–H groups in total. The summed E-state index contributed by atoms with van der Waals surface area (Å²) in [5.41, 5.74) is 4.01. The number of ether oxygens (including phenoxy) is 1. The number of benzene rings is 2. The quantitative estimate of drug-likeness (QED) is 0.672. The van der Waals surface area contributed by atoms with Crippen LogP contribution >= 0.6 is 0 Å². The summed E-state index contributed by atoms with van der Waals surface area (Å²) in [5, 5.41) is 17.4. The molecule has 2 heterocycles. The van der Waals surface area contributed by atoms with Crippen LogP contribution in [0.5, 0.6) is 5.75 Å². The number of hydrogen-bond acceptors (Lipinski definition) is 7. The van der Waals surface area contributed by atoms with E-state index in [4.69, 9.17) is 9.37 Å². The Morgan fingerprint density at radius 3 is 2.79 bits per heavy atom. The van der Waals surface area contributed by atoms with E-state index in [-0.39, 0.29) is 6.61 Å². The minimum atomic E-state index is 0.198. The first-order valence-corrected chi connectivity index (χ1v) is 9.66. The van der Waals surface area contributed by atoms with Crippen LogP contribution in [0.15, 0.2) is 47.1 Å². The molecule has 28 heavy (non-hydrogen) atoms. The second-order valence-electron chi connectivity index (χ2n) is 7.31. The summed E-state index contributed by atoms with van der Waals surface area (Å²) in [6.45, 7) is 4.81. The SMILES string of the molecule is COc1cccc(CN2CCN(Cc3ccc4nonc4c3)C[C@H]2CCO)c1. The van der Waals surface area contributed by atoms with Gasteiger partial charge in [0.15, 0.2) is 0 Å².